The van der Waals surface area contributed by atoms with E-state index in [-0.39, 0.29) is 16.0 Å². The Labute approximate surface area is 132 Å². The number of benzene rings is 3. The van der Waals surface area contributed by atoms with Crippen LogP contribution in [0.5, 0.6) is 5.75 Å². The summed E-state index contributed by atoms with van der Waals surface area (Å²) in [5, 5.41) is 0.709. The minimum atomic E-state index is -4.37. The average molecular weight is 328 g/mol. The number of carbonyl (C=O) groups excluding carboxylic acids is 1. The molecule has 5 nitrogen and oxygen atoms in total. The summed E-state index contributed by atoms with van der Waals surface area (Å²) >= 11 is 0. The van der Waals surface area contributed by atoms with Crippen LogP contribution in [0.1, 0.15) is 10.4 Å². The van der Waals surface area contributed by atoms with Crippen molar-refractivity contribution in [2.45, 2.75) is 4.90 Å². The number of carbonyl (C=O) groups is 1. The third-order valence-corrected chi connectivity index (χ3v) is 4.25. The first-order valence-corrected chi connectivity index (χ1v) is 8.17. The first-order chi connectivity index (χ1) is 11.0. The molecule has 0 unspecified atom stereocenters. The standard InChI is InChI=1S/C17H12O5S/c18-17(12-6-2-1-3-7-12)22-15-10-11-16(23(19,20)21)14-9-5-4-8-13(14)15/h1-11H,(H,19,20,21). The summed E-state index contributed by atoms with van der Waals surface area (Å²) in [7, 11) is -4.37. The lowest BCUT2D eigenvalue weighted by Gasteiger charge is -2.10. The molecule has 6 heteroatoms. The molecule has 0 bridgehead atoms. The topological polar surface area (TPSA) is 80.7 Å². The Morgan fingerprint density at radius 2 is 1.43 bits per heavy atom. The molecule has 0 spiro atoms. The van der Waals surface area contributed by atoms with Gasteiger partial charge >= 0.3 is 5.97 Å². The van der Waals surface area contributed by atoms with Crippen LogP contribution in [0.3, 0.4) is 0 Å². The quantitative estimate of drug-likeness (QED) is 0.453. The molecule has 0 radical (unpaired) electrons. The van der Waals surface area contributed by atoms with Crippen molar-refractivity contribution in [2.75, 3.05) is 0 Å². The highest BCUT2D eigenvalue weighted by molar-refractivity contribution is 7.86. The lowest BCUT2D eigenvalue weighted by Crippen LogP contribution is -2.09. The van der Waals surface area contributed by atoms with Gasteiger partial charge in [0.15, 0.2) is 0 Å². The highest BCUT2D eigenvalue weighted by atomic mass is 32.2. The number of rotatable bonds is 3. The van der Waals surface area contributed by atoms with Crippen LogP contribution in [0.15, 0.2) is 71.6 Å². The number of ether oxygens (including phenoxy) is 1. The molecule has 0 heterocycles. The SMILES string of the molecule is O=C(Oc1ccc(S(=O)(=O)O)c2ccccc12)c1ccccc1. The molecule has 0 saturated heterocycles. The van der Waals surface area contributed by atoms with E-state index in [4.69, 9.17) is 4.74 Å². The Morgan fingerprint density at radius 3 is 2.09 bits per heavy atom. The van der Waals surface area contributed by atoms with Crippen LogP contribution in [-0.4, -0.2) is 18.9 Å². The first-order valence-electron chi connectivity index (χ1n) is 6.73. The number of esters is 1. The molecule has 116 valence electrons. The highest BCUT2D eigenvalue weighted by Crippen LogP contribution is 2.31. The summed E-state index contributed by atoms with van der Waals surface area (Å²) in [5.41, 5.74) is 0.385. The van der Waals surface area contributed by atoms with Crippen molar-refractivity contribution in [3.05, 3.63) is 72.3 Å². The van der Waals surface area contributed by atoms with Crippen molar-refractivity contribution in [3.8, 4) is 5.75 Å². The van der Waals surface area contributed by atoms with E-state index >= 15 is 0 Å². The summed E-state index contributed by atoms with van der Waals surface area (Å²) in [6, 6.07) is 17.5. The van der Waals surface area contributed by atoms with Gasteiger partial charge in [0.25, 0.3) is 10.1 Å². The molecule has 0 amide bonds. The molecular formula is C17H12O5S. The molecule has 23 heavy (non-hydrogen) atoms. The van der Waals surface area contributed by atoms with Gasteiger partial charge in [0.05, 0.1) is 5.56 Å². The minimum Gasteiger partial charge on any atom is -0.422 e. The largest absolute Gasteiger partial charge is 0.422 e. The Bertz CT molecular complexity index is 978. The second kappa shape index (κ2) is 5.83. The van der Waals surface area contributed by atoms with Gasteiger partial charge in [-0.05, 0) is 24.3 Å². The molecule has 3 aromatic rings. The minimum absolute atomic E-state index is 0.224. The fourth-order valence-electron chi connectivity index (χ4n) is 2.29. The summed E-state index contributed by atoms with van der Waals surface area (Å²) in [6.45, 7) is 0. The zero-order valence-electron chi connectivity index (χ0n) is 11.8. The zero-order chi connectivity index (χ0) is 16.4. The van der Waals surface area contributed by atoms with Crippen molar-refractivity contribution in [1.82, 2.24) is 0 Å². The van der Waals surface area contributed by atoms with Crippen molar-refractivity contribution in [1.29, 1.82) is 0 Å². The van der Waals surface area contributed by atoms with Gasteiger partial charge in [0, 0.05) is 10.8 Å². The van der Waals surface area contributed by atoms with Gasteiger partial charge in [-0.15, -0.1) is 0 Å². The number of hydrogen-bond donors (Lipinski definition) is 1. The predicted molar refractivity (Wildman–Crippen MR) is 85.2 cm³/mol. The van der Waals surface area contributed by atoms with Gasteiger partial charge in [-0.1, -0.05) is 42.5 Å². The maximum Gasteiger partial charge on any atom is 0.343 e. The summed E-state index contributed by atoms with van der Waals surface area (Å²) < 4.78 is 37.6. The molecule has 3 aromatic carbocycles. The van der Waals surface area contributed by atoms with Gasteiger partial charge in [0.2, 0.25) is 0 Å². The normalized spacial score (nSPS) is 11.3. The zero-order valence-corrected chi connectivity index (χ0v) is 12.7. The third kappa shape index (κ3) is 3.08. The van der Waals surface area contributed by atoms with Crippen molar-refractivity contribution >= 4 is 26.9 Å². The Balaban J connectivity index is 2.08. The van der Waals surface area contributed by atoms with Crippen LogP contribution >= 0.6 is 0 Å². The van der Waals surface area contributed by atoms with Crippen LogP contribution in [0.4, 0.5) is 0 Å². The van der Waals surface area contributed by atoms with Gasteiger partial charge < -0.3 is 4.74 Å². The Hall–Kier alpha value is -2.70. The molecule has 3 rings (SSSR count). The fraction of sp³-hybridized carbons (Fsp3) is 0. The van der Waals surface area contributed by atoms with Gasteiger partial charge in [-0.25, -0.2) is 4.79 Å². The molecule has 0 aromatic heterocycles. The first kappa shape index (κ1) is 15.2. The van der Waals surface area contributed by atoms with E-state index in [0.717, 1.165) is 0 Å². The van der Waals surface area contributed by atoms with Crippen LogP contribution in [-0.2, 0) is 10.1 Å². The maximum absolute atomic E-state index is 12.1. The van der Waals surface area contributed by atoms with Gasteiger partial charge in [-0.3, -0.25) is 4.55 Å². The van der Waals surface area contributed by atoms with E-state index in [9.17, 15) is 17.8 Å². The highest BCUT2D eigenvalue weighted by Gasteiger charge is 2.17. The number of fused-ring (bicyclic) bond motifs is 1. The van der Waals surface area contributed by atoms with E-state index in [1.807, 2.05) is 0 Å². The van der Waals surface area contributed by atoms with Crippen molar-refractivity contribution in [3.63, 3.8) is 0 Å². The lowest BCUT2D eigenvalue weighted by atomic mass is 10.1. The van der Waals surface area contributed by atoms with E-state index in [0.29, 0.717) is 10.9 Å². The van der Waals surface area contributed by atoms with Gasteiger partial charge in [0.1, 0.15) is 10.6 Å². The predicted octanol–water partition coefficient (Wildman–Crippen LogP) is 3.31. The van der Waals surface area contributed by atoms with E-state index in [2.05, 4.69) is 0 Å². The van der Waals surface area contributed by atoms with E-state index in [1.54, 1.807) is 48.5 Å². The van der Waals surface area contributed by atoms with Crippen molar-refractivity contribution < 1.29 is 22.5 Å². The molecule has 0 saturated carbocycles. The molecule has 0 aliphatic carbocycles. The summed E-state index contributed by atoms with van der Waals surface area (Å²) in [4.78, 5) is 11.9. The van der Waals surface area contributed by atoms with E-state index in [1.165, 1.54) is 18.2 Å². The summed E-state index contributed by atoms with van der Waals surface area (Å²) in [5.74, 6) is -0.322. The van der Waals surface area contributed by atoms with Gasteiger partial charge in [-0.2, -0.15) is 8.42 Å². The molecule has 0 aliphatic rings. The van der Waals surface area contributed by atoms with Crippen LogP contribution in [0.25, 0.3) is 10.8 Å². The average Bonchev–Trinajstić information content (AvgIpc) is 2.55. The second-order valence-corrected chi connectivity index (χ2v) is 6.23. The Kier molecular flexibility index (Phi) is 3.85. The molecular weight excluding hydrogens is 316 g/mol. The monoisotopic (exact) mass is 328 g/mol. The molecule has 1 N–H and O–H groups in total. The maximum atomic E-state index is 12.1. The summed E-state index contributed by atoms with van der Waals surface area (Å²) in [6.07, 6.45) is 0. The fourth-order valence-corrected chi connectivity index (χ4v) is 2.99. The van der Waals surface area contributed by atoms with Crippen molar-refractivity contribution in [2.24, 2.45) is 0 Å². The molecule has 0 aliphatic heterocycles. The van der Waals surface area contributed by atoms with Crippen LogP contribution in [0, 0.1) is 0 Å². The Morgan fingerprint density at radius 1 is 0.826 bits per heavy atom. The molecule has 0 atom stereocenters. The van der Waals surface area contributed by atoms with E-state index < -0.39 is 16.1 Å². The van der Waals surface area contributed by atoms with Crippen LogP contribution in [0.2, 0.25) is 0 Å². The molecule has 0 fully saturated rings. The number of hydrogen-bond acceptors (Lipinski definition) is 4. The lowest BCUT2D eigenvalue weighted by molar-refractivity contribution is 0.0737. The third-order valence-electron chi connectivity index (χ3n) is 3.33. The smallest absolute Gasteiger partial charge is 0.343 e. The van der Waals surface area contributed by atoms with Crippen LogP contribution < -0.4 is 4.74 Å². The second-order valence-electron chi connectivity index (χ2n) is 4.84.